The number of hydrogen-bond donors (Lipinski definition) is 0. The minimum absolute atomic E-state index is 0.381. The lowest BCUT2D eigenvalue weighted by atomic mass is 9.81. The molecule has 1 atom stereocenters. The molecule has 2 aromatic heterocycles. The van der Waals surface area contributed by atoms with Gasteiger partial charge in [-0.15, -0.1) is 0 Å². The molecule has 0 amide bonds. The summed E-state index contributed by atoms with van der Waals surface area (Å²) in [5.74, 6) is 0.381. The van der Waals surface area contributed by atoms with E-state index in [-0.39, 0.29) is 0 Å². The van der Waals surface area contributed by atoms with E-state index in [9.17, 15) is 0 Å². The summed E-state index contributed by atoms with van der Waals surface area (Å²) in [5.41, 5.74) is 22.5. The highest BCUT2D eigenvalue weighted by atomic mass is 16.3. The molecule has 356 valence electrons. The third kappa shape index (κ3) is 10.2. The van der Waals surface area contributed by atoms with Crippen molar-refractivity contribution in [2.75, 3.05) is 0 Å². The lowest BCUT2D eigenvalue weighted by Crippen LogP contribution is -2.04. The molecular formula is C70H60N2O. The van der Waals surface area contributed by atoms with Crippen LogP contribution in [0.1, 0.15) is 67.9 Å². The molecule has 3 nitrogen and oxygen atoms in total. The van der Waals surface area contributed by atoms with E-state index in [1.54, 1.807) is 0 Å². The van der Waals surface area contributed by atoms with E-state index in [2.05, 4.69) is 225 Å². The molecule has 1 unspecified atom stereocenters. The molecule has 0 N–H and O–H groups in total. The Balaban J connectivity index is 0.000000134. The number of para-hydroxylation sites is 3. The Labute approximate surface area is 430 Å². The third-order valence-electron chi connectivity index (χ3n) is 13.9. The van der Waals surface area contributed by atoms with Crippen molar-refractivity contribution in [3.8, 4) is 27.9 Å². The number of fused-ring (bicyclic) bond motifs is 6. The quantitative estimate of drug-likeness (QED) is 0.140. The summed E-state index contributed by atoms with van der Waals surface area (Å²) in [7, 11) is 0. The normalized spacial score (nSPS) is 13.4. The number of aliphatic imine (C=N–C) groups is 1. The van der Waals surface area contributed by atoms with E-state index >= 15 is 0 Å². The van der Waals surface area contributed by atoms with Gasteiger partial charge in [0.05, 0.1) is 11.0 Å². The molecule has 11 aromatic rings. The van der Waals surface area contributed by atoms with Gasteiger partial charge in [0.1, 0.15) is 11.2 Å². The van der Waals surface area contributed by atoms with Crippen molar-refractivity contribution in [3.05, 3.63) is 283 Å². The molecule has 0 saturated heterocycles. The molecule has 1 aliphatic carbocycles. The first kappa shape index (κ1) is 47.9. The van der Waals surface area contributed by atoms with Crippen LogP contribution < -0.4 is 0 Å². The standard InChI is InChI=1S/C32H27N.C23H21N.C15H12O/c1-22-10-6-7-13-27(22)29-20-24(17-16-23(29)2)25-18-19-32-30(21-25)28-14-8-9-15-31(28)33(32)26-11-4-3-5-12-26;1-17(2)24-18(3)21-14-22(19-10-6-4-7-11-19)16-23(15-21)20-12-8-5-9-13-20;1-10(2)11-7-5-9-14-15(11)12-6-3-4-8-13(12)16-14/h3-19,21,24H,20H2,1-2H3;4-16H,1H2,2-3H3;3-9H,1H2,2H3. The van der Waals surface area contributed by atoms with Crippen LogP contribution in [0.5, 0.6) is 0 Å². The zero-order chi connectivity index (χ0) is 50.4. The fraction of sp³-hybridized carbons (Fsp3) is 0.100. The Hall–Kier alpha value is -8.79. The summed E-state index contributed by atoms with van der Waals surface area (Å²) in [6.07, 6.45) is 5.73. The first-order valence-corrected chi connectivity index (χ1v) is 25.2. The van der Waals surface area contributed by atoms with Crippen molar-refractivity contribution in [1.82, 2.24) is 4.57 Å². The Morgan fingerprint density at radius 3 is 1.79 bits per heavy atom. The molecule has 0 bridgehead atoms. The first-order valence-electron chi connectivity index (χ1n) is 25.2. The van der Waals surface area contributed by atoms with Crippen molar-refractivity contribution in [3.63, 3.8) is 0 Å². The van der Waals surface area contributed by atoms with E-state index in [1.165, 1.54) is 88.5 Å². The highest BCUT2D eigenvalue weighted by Crippen LogP contribution is 2.41. The van der Waals surface area contributed by atoms with E-state index in [0.29, 0.717) is 5.92 Å². The maximum Gasteiger partial charge on any atom is 0.136 e. The van der Waals surface area contributed by atoms with Crippen LogP contribution in [0.3, 0.4) is 0 Å². The maximum atomic E-state index is 5.80. The number of allylic oxidation sites excluding steroid dienone is 6. The Bertz CT molecular complexity index is 3840. The number of hydrogen-bond acceptors (Lipinski definition) is 2. The largest absolute Gasteiger partial charge is 0.456 e. The average Bonchev–Trinajstić information content (AvgIpc) is 3.98. The molecule has 9 aromatic carbocycles. The van der Waals surface area contributed by atoms with Crippen LogP contribution in [-0.2, 0) is 0 Å². The van der Waals surface area contributed by atoms with Gasteiger partial charge < -0.3 is 8.98 Å². The van der Waals surface area contributed by atoms with E-state index in [4.69, 9.17) is 4.42 Å². The van der Waals surface area contributed by atoms with Crippen LogP contribution in [0.4, 0.5) is 0 Å². The highest BCUT2D eigenvalue weighted by Gasteiger charge is 2.21. The van der Waals surface area contributed by atoms with Gasteiger partial charge in [0, 0.05) is 44.6 Å². The van der Waals surface area contributed by atoms with Crippen LogP contribution in [0.15, 0.2) is 264 Å². The number of benzene rings is 9. The molecule has 0 fully saturated rings. The molecule has 3 heteroatoms. The second-order valence-corrected chi connectivity index (χ2v) is 19.1. The fourth-order valence-corrected chi connectivity index (χ4v) is 10.3. The SMILES string of the molecule is C=C(C)N=C(C)c1cc(-c2ccccc2)cc(-c2ccccc2)c1.C=C(C)c1cccc2oc3ccccc3c12.CC1=C(c2ccccc2C)CC(c2ccc3c(c2)c2ccccc2n3-c2ccccc2)C=C1. The van der Waals surface area contributed by atoms with E-state index in [0.717, 1.165) is 45.5 Å². The van der Waals surface area contributed by atoms with Crippen molar-refractivity contribution < 1.29 is 4.42 Å². The molecular weight excluding hydrogens is 885 g/mol. The third-order valence-corrected chi connectivity index (χ3v) is 13.9. The second-order valence-electron chi connectivity index (χ2n) is 19.1. The van der Waals surface area contributed by atoms with Crippen molar-refractivity contribution in [1.29, 1.82) is 0 Å². The van der Waals surface area contributed by atoms with Gasteiger partial charge in [0.25, 0.3) is 0 Å². The van der Waals surface area contributed by atoms with Crippen molar-refractivity contribution in [2.24, 2.45) is 4.99 Å². The number of furan rings is 1. The number of aromatic nitrogens is 1. The molecule has 1 aliphatic rings. The monoisotopic (exact) mass is 944 g/mol. The summed E-state index contributed by atoms with van der Waals surface area (Å²) < 4.78 is 8.19. The van der Waals surface area contributed by atoms with E-state index < -0.39 is 0 Å². The van der Waals surface area contributed by atoms with Crippen molar-refractivity contribution >= 4 is 60.6 Å². The van der Waals surface area contributed by atoms with Gasteiger partial charge >= 0.3 is 0 Å². The topological polar surface area (TPSA) is 30.4 Å². The summed E-state index contributed by atoms with van der Waals surface area (Å²) in [6.45, 7) is 18.4. The van der Waals surface area contributed by atoms with Gasteiger partial charge in [0.15, 0.2) is 0 Å². The minimum atomic E-state index is 0.381. The highest BCUT2D eigenvalue weighted by molar-refractivity contribution is 6.11. The molecule has 2 heterocycles. The molecule has 73 heavy (non-hydrogen) atoms. The van der Waals surface area contributed by atoms with Crippen LogP contribution >= 0.6 is 0 Å². The van der Waals surface area contributed by atoms with Crippen LogP contribution in [0.2, 0.25) is 0 Å². The number of rotatable bonds is 8. The predicted octanol–water partition coefficient (Wildman–Crippen LogP) is 19.6. The van der Waals surface area contributed by atoms with Crippen molar-refractivity contribution in [2.45, 2.75) is 47.0 Å². The van der Waals surface area contributed by atoms with Crippen LogP contribution in [0, 0.1) is 6.92 Å². The summed E-state index contributed by atoms with van der Waals surface area (Å²) in [6, 6.07) is 77.0. The second kappa shape index (κ2) is 21.3. The van der Waals surface area contributed by atoms with Gasteiger partial charge in [-0.1, -0.05) is 189 Å². The Morgan fingerprint density at radius 2 is 1.12 bits per heavy atom. The molecule has 0 spiro atoms. The number of aryl methyl sites for hydroxylation is 1. The van der Waals surface area contributed by atoms with Gasteiger partial charge in [-0.05, 0) is 163 Å². The smallest absolute Gasteiger partial charge is 0.136 e. The minimum Gasteiger partial charge on any atom is -0.456 e. The summed E-state index contributed by atoms with van der Waals surface area (Å²) >= 11 is 0. The molecule has 0 saturated carbocycles. The average molecular weight is 945 g/mol. The van der Waals surface area contributed by atoms with Crippen LogP contribution in [0.25, 0.3) is 82.8 Å². The lowest BCUT2D eigenvalue weighted by molar-refractivity contribution is 0.669. The molecule has 12 rings (SSSR count). The fourth-order valence-electron chi connectivity index (χ4n) is 10.3. The van der Waals surface area contributed by atoms with Gasteiger partial charge in [0.2, 0.25) is 0 Å². The van der Waals surface area contributed by atoms with Gasteiger partial charge in [-0.3, -0.25) is 4.99 Å². The zero-order valence-electron chi connectivity index (χ0n) is 42.4. The van der Waals surface area contributed by atoms with Gasteiger partial charge in [-0.25, -0.2) is 0 Å². The summed E-state index contributed by atoms with van der Waals surface area (Å²) in [4.78, 5) is 4.54. The summed E-state index contributed by atoms with van der Waals surface area (Å²) in [5, 5.41) is 4.97. The van der Waals surface area contributed by atoms with Gasteiger partial charge in [-0.2, -0.15) is 0 Å². The Kier molecular flexibility index (Phi) is 14.0. The predicted molar refractivity (Wildman–Crippen MR) is 314 cm³/mol. The molecule has 0 aliphatic heterocycles. The Morgan fingerprint density at radius 1 is 0.534 bits per heavy atom. The first-order chi connectivity index (χ1) is 35.6. The lowest BCUT2D eigenvalue weighted by Gasteiger charge is -2.23. The maximum absolute atomic E-state index is 5.80. The van der Waals surface area contributed by atoms with Crippen LogP contribution in [-0.4, -0.2) is 10.3 Å². The zero-order valence-corrected chi connectivity index (χ0v) is 42.4. The molecule has 0 radical (unpaired) electrons. The number of nitrogens with zero attached hydrogens (tertiary/aromatic N) is 2. The van der Waals surface area contributed by atoms with E-state index in [1.807, 2.05) is 63.2 Å².